The normalized spacial score (nSPS) is 18.9. The van der Waals surface area contributed by atoms with Crippen LogP contribution in [-0.2, 0) is 0 Å². The highest BCUT2D eigenvalue weighted by Gasteiger charge is 2.29. The molecule has 0 bridgehead atoms. The van der Waals surface area contributed by atoms with Crippen molar-refractivity contribution in [1.29, 1.82) is 0 Å². The van der Waals surface area contributed by atoms with Crippen molar-refractivity contribution in [3.05, 3.63) is 29.8 Å². The number of halogens is 2. The van der Waals surface area contributed by atoms with Crippen molar-refractivity contribution in [3.8, 4) is 5.75 Å². The van der Waals surface area contributed by atoms with E-state index in [0.29, 0.717) is 24.4 Å². The minimum atomic E-state index is -2.38. The number of rotatable bonds is 4. The van der Waals surface area contributed by atoms with Crippen LogP contribution in [0.2, 0.25) is 0 Å². The van der Waals surface area contributed by atoms with Gasteiger partial charge >= 0.3 is 0 Å². The van der Waals surface area contributed by atoms with Gasteiger partial charge in [0.2, 0.25) is 0 Å². The van der Waals surface area contributed by atoms with Crippen LogP contribution in [0.5, 0.6) is 5.75 Å². The van der Waals surface area contributed by atoms with Crippen molar-refractivity contribution in [2.75, 3.05) is 33.3 Å². The van der Waals surface area contributed by atoms with Crippen molar-refractivity contribution in [2.24, 2.45) is 0 Å². The van der Waals surface area contributed by atoms with E-state index in [1.807, 2.05) is 4.90 Å². The lowest BCUT2D eigenvalue weighted by Crippen LogP contribution is -2.46. The van der Waals surface area contributed by atoms with E-state index in [1.54, 1.807) is 31.4 Å². The van der Waals surface area contributed by atoms with Crippen LogP contribution < -0.4 is 10.1 Å². The molecule has 1 saturated heterocycles. The third kappa shape index (κ3) is 2.97. The van der Waals surface area contributed by atoms with Gasteiger partial charge < -0.3 is 10.1 Å². The highest BCUT2D eigenvalue weighted by atomic mass is 19.3. The SMILES string of the molecule is COc1ccc([C@H](C(F)F)N2CCNCC2)cc1. The van der Waals surface area contributed by atoms with Gasteiger partial charge in [-0.05, 0) is 17.7 Å². The highest BCUT2D eigenvalue weighted by Crippen LogP contribution is 2.28. The summed E-state index contributed by atoms with van der Waals surface area (Å²) in [6.45, 7) is 2.83. The number of nitrogens with zero attached hydrogens (tertiary/aromatic N) is 1. The summed E-state index contributed by atoms with van der Waals surface area (Å²) in [4.78, 5) is 1.84. The molecule has 0 spiro atoms. The van der Waals surface area contributed by atoms with Crippen LogP contribution in [0, 0.1) is 0 Å². The molecular formula is C13H18F2N2O. The molecule has 18 heavy (non-hydrogen) atoms. The predicted molar refractivity (Wildman–Crippen MR) is 66.2 cm³/mol. The Morgan fingerprint density at radius 1 is 1.17 bits per heavy atom. The van der Waals surface area contributed by atoms with Crippen LogP contribution in [-0.4, -0.2) is 44.6 Å². The lowest BCUT2D eigenvalue weighted by Gasteiger charge is -2.34. The molecule has 1 aliphatic rings. The molecule has 1 N–H and O–H groups in total. The van der Waals surface area contributed by atoms with Gasteiger partial charge in [0.15, 0.2) is 0 Å². The number of nitrogens with one attached hydrogen (secondary N) is 1. The molecule has 1 aliphatic heterocycles. The molecule has 100 valence electrons. The molecule has 0 aliphatic carbocycles. The van der Waals surface area contributed by atoms with E-state index < -0.39 is 12.5 Å². The van der Waals surface area contributed by atoms with Crippen molar-refractivity contribution in [1.82, 2.24) is 10.2 Å². The summed E-state index contributed by atoms with van der Waals surface area (Å²) in [7, 11) is 1.57. The first-order chi connectivity index (χ1) is 8.72. The van der Waals surface area contributed by atoms with Crippen LogP contribution in [0.1, 0.15) is 11.6 Å². The van der Waals surface area contributed by atoms with Crippen LogP contribution >= 0.6 is 0 Å². The average molecular weight is 256 g/mol. The number of benzene rings is 1. The summed E-state index contributed by atoms with van der Waals surface area (Å²) in [5.41, 5.74) is 0.646. The third-order valence-electron chi connectivity index (χ3n) is 3.24. The molecule has 5 heteroatoms. The van der Waals surface area contributed by atoms with Crippen molar-refractivity contribution >= 4 is 0 Å². The van der Waals surface area contributed by atoms with Gasteiger partial charge in [-0.15, -0.1) is 0 Å². The molecule has 0 amide bonds. The smallest absolute Gasteiger partial charge is 0.258 e. The predicted octanol–water partition coefficient (Wildman–Crippen LogP) is 1.91. The fourth-order valence-corrected chi connectivity index (χ4v) is 2.28. The molecule has 0 unspecified atom stereocenters. The minimum absolute atomic E-state index is 0.646. The van der Waals surface area contributed by atoms with E-state index in [4.69, 9.17) is 4.74 Å². The van der Waals surface area contributed by atoms with Crippen LogP contribution in [0.15, 0.2) is 24.3 Å². The second kappa shape index (κ2) is 6.11. The molecule has 1 aromatic rings. The van der Waals surface area contributed by atoms with E-state index in [9.17, 15) is 8.78 Å². The Morgan fingerprint density at radius 2 is 1.78 bits per heavy atom. The van der Waals surface area contributed by atoms with Gasteiger partial charge in [0.05, 0.1) is 13.2 Å². The number of alkyl halides is 2. The maximum Gasteiger partial charge on any atom is 0.258 e. The lowest BCUT2D eigenvalue weighted by atomic mass is 10.0. The maximum absolute atomic E-state index is 13.3. The molecule has 1 fully saturated rings. The van der Waals surface area contributed by atoms with Crippen LogP contribution in [0.25, 0.3) is 0 Å². The Kier molecular flexibility index (Phi) is 4.49. The topological polar surface area (TPSA) is 24.5 Å². The lowest BCUT2D eigenvalue weighted by molar-refractivity contribution is 0.0181. The fourth-order valence-electron chi connectivity index (χ4n) is 2.28. The molecule has 0 aromatic heterocycles. The highest BCUT2D eigenvalue weighted by molar-refractivity contribution is 5.29. The van der Waals surface area contributed by atoms with Gasteiger partial charge in [-0.2, -0.15) is 0 Å². The first-order valence-corrected chi connectivity index (χ1v) is 6.09. The molecule has 0 saturated carbocycles. The number of methoxy groups -OCH3 is 1. The van der Waals surface area contributed by atoms with Gasteiger partial charge in [0, 0.05) is 26.2 Å². The van der Waals surface area contributed by atoms with Crippen molar-refractivity contribution < 1.29 is 13.5 Å². The second-order valence-corrected chi connectivity index (χ2v) is 4.34. The standard InChI is InChI=1S/C13H18F2N2O/c1-18-11-4-2-10(3-5-11)12(13(14)15)17-8-6-16-7-9-17/h2-5,12-13,16H,6-9H2,1H3/t12-/m1/s1. The van der Waals surface area contributed by atoms with Crippen LogP contribution in [0.4, 0.5) is 8.78 Å². The fraction of sp³-hybridized carbons (Fsp3) is 0.538. The molecule has 1 atom stereocenters. The Hall–Kier alpha value is -1.20. The zero-order valence-corrected chi connectivity index (χ0v) is 10.4. The molecule has 3 nitrogen and oxygen atoms in total. The molecule has 2 rings (SSSR count). The summed E-state index contributed by atoms with van der Waals surface area (Å²) in [6, 6.07) is 6.08. The summed E-state index contributed by atoms with van der Waals surface area (Å²) in [6.07, 6.45) is -2.38. The van der Waals surface area contributed by atoms with Gasteiger partial charge in [-0.25, -0.2) is 8.78 Å². The van der Waals surface area contributed by atoms with Crippen LogP contribution in [0.3, 0.4) is 0 Å². The number of hydrogen-bond acceptors (Lipinski definition) is 3. The van der Waals surface area contributed by atoms with E-state index in [1.165, 1.54) is 0 Å². The Balaban J connectivity index is 2.17. The van der Waals surface area contributed by atoms with E-state index in [2.05, 4.69) is 5.32 Å². The van der Waals surface area contributed by atoms with E-state index in [0.717, 1.165) is 13.1 Å². The first kappa shape index (κ1) is 13.2. The number of ether oxygens (including phenoxy) is 1. The summed E-state index contributed by atoms with van der Waals surface area (Å²) >= 11 is 0. The summed E-state index contributed by atoms with van der Waals surface area (Å²) in [5.74, 6) is 0.687. The monoisotopic (exact) mass is 256 g/mol. The van der Waals surface area contributed by atoms with E-state index in [-0.39, 0.29) is 0 Å². The number of hydrogen-bond donors (Lipinski definition) is 1. The Labute approximate surface area is 106 Å². The largest absolute Gasteiger partial charge is 0.497 e. The average Bonchev–Trinajstić information content (AvgIpc) is 2.40. The van der Waals surface area contributed by atoms with E-state index >= 15 is 0 Å². The Morgan fingerprint density at radius 3 is 2.28 bits per heavy atom. The summed E-state index contributed by atoms with van der Waals surface area (Å²) in [5, 5.41) is 3.17. The zero-order valence-electron chi connectivity index (χ0n) is 10.4. The molecule has 1 heterocycles. The zero-order chi connectivity index (χ0) is 13.0. The summed E-state index contributed by atoms with van der Waals surface area (Å²) < 4.78 is 31.6. The minimum Gasteiger partial charge on any atom is -0.497 e. The first-order valence-electron chi connectivity index (χ1n) is 6.09. The van der Waals surface area contributed by atoms with Gasteiger partial charge in [0.1, 0.15) is 5.75 Å². The molecule has 1 aromatic carbocycles. The van der Waals surface area contributed by atoms with Crippen molar-refractivity contribution in [3.63, 3.8) is 0 Å². The van der Waals surface area contributed by atoms with Gasteiger partial charge in [-0.3, -0.25) is 4.90 Å². The number of piperazine rings is 1. The maximum atomic E-state index is 13.3. The van der Waals surface area contributed by atoms with Crippen molar-refractivity contribution in [2.45, 2.75) is 12.5 Å². The molecular weight excluding hydrogens is 238 g/mol. The molecule has 0 radical (unpaired) electrons. The second-order valence-electron chi connectivity index (χ2n) is 4.34. The van der Waals surface area contributed by atoms with Gasteiger partial charge in [-0.1, -0.05) is 12.1 Å². The Bertz CT molecular complexity index is 364. The third-order valence-corrected chi connectivity index (χ3v) is 3.24. The quantitative estimate of drug-likeness (QED) is 0.890. The van der Waals surface area contributed by atoms with Gasteiger partial charge in [0.25, 0.3) is 6.43 Å².